The second-order valence-corrected chi connectivity index (χ2v) is 13.6. The number of aromatic nitrogens is 2. The van der Waals surface area contributed by atoms with E-state index in [-0.39, 0.29) is 16.2 Å². The van der Waals surface area contributed by atoms with Gasteiger partial charge in [0.25, 0.3) is 5.56 Å². The molecule has 1 aliphatic heterocycles. The first-order chi connectivity index (χ1) is 18.7. The number of aryl methyl sites for hydroxylation is 1. The quantitative estimate of drug-likeness (QED) is 0.293. The van der Waals surface area contributed by atoms with Gasteiger partial charge in [0.05, 0.1) is 20.9 Å². The van der Waals surface area contributed by atoms with Gasteiger partial charge in [0.1, 0.15) is 15.8 Å². The molecule has 1 N–H and O–H groups in total. The number of ketones is 1. The van der Waals surface area contributed by atoms with Crippen LogP contribution in [-0.2, 0) is 21.1 Å². The normalized spacial score (nSPS) is 14.2. The molecule has 0 atom stereocenters. The van der Waals surface area contributed by atoms with E-state index in [4.69, 9.17) is 11.6 Å². The minimum atomic E-state index is -3.73. The minimum Gasteiger partial charge on any atom is -0.384 e. The molecule has 5 rings (SSSR count). The molecule has 1 saturated heterocycles. The molecule has 0 aliphatic carbocycles. The topological polar surface area (TPSA) is 101 Å². The fourth-order valence-electron chi connectivity index (χ4n) is 4.86. The third-order valence-electron chi connectivity index (χ3n) is 6.79. The molecule has 1 aliphatic rings. The molecule has 8 nitrogen and oxygen atoms in total. The number of sulfone groups is 1. The maximum absolute atomic E-state index is 13.4. The Morgan fingerprint density at radius 2 is 1.82 bits per heavy atom. The van der Waals surface area contributed by atoms with Gasteiger partial charge in [0.2, 0.25) is 0 Å². The smallest absolute Gasteiger partial charge is 0.265 e. The van der Waals surface area contributed by atoms with Gasteiger partial charge >= 0.3 is 0 Å². The number of fused-ring (bicyclic) bond motifs is 1. The second-order valence-electron chi connectivity index (χ2n) is 9.71. The molecular formula is C28H29ClN4O4S2. The van der Waals surface area contributed by atoms with Crippen LogP contribution in [0, 0.1) is 6.92 Å². The van der Waals surface area contributed by atoms with E-state index >= 15 is 0 Å². The Morgan fingerprint density at radius 1 is 1.08 bits per heavy atom. The molecule has 204 valence electrons. The first kappa shape index (κ1) is 27.5. The lowest BCUT2D eigenvalue weighted by molar-refractivity contribution is -0.116. The Balaban J connectivity index is 1.28. The summed E-state index contributed by atoms with van der Waals surface area (Å²) in [7, 11) is -3.73. The first-order valence-corrected chi connectivity index (χ1v) is 15.6. The molecule has 0 saturated carbocycles. The molecule has 4 aromatic rings. The summed E-state index contributed by atoms with van der Waals surface area (Å²) in [6, 6.07) is 15.5. The zero-order valence-corrected chi connectivity index (χ0v) is 23.9. The van der Waals surface area contributed by atoms with Gasteiger partial charge in [0.15, 0.2) is 15.6 Å². The number of anilines is 1. The predicted octanol–water partition coefficient (Wildman–Crippen LogP) is 4.50. The SMILES string of the molecule is Cc1nc2cc(NCCN3CCCC3)ccc2c(=O)n1-c1ccc(CC(=O)CS(=O)(=O)c2ccc(Cl)s2)cc1. The molecule has 3 heterocycles. The Morgan fingerprint density at radius 3 is 2.51 bits per heavy atom. The number of rotatable bonds is 10. The van der Waals surface area contributed by atoms with Crippen molar-refractivity contribution in [1.29, 1.82) is 0 Å². The van der Waals surface area contributed by atoms with Crippen molar-refractivity contribution in [3.63, 3.8) is 0 Å². The van der Waals surface area contributed by atoms with Crippen molar-refractivity contribution in [3.8, 4) is 5.69 Å². The van der Waals surface area contributed by atoms with Crippen LogP contribution in [-0.4, -0.2) is 60.6 Å². The van der Waals surface area contributed by atoms with Crippen LogP contribution in [0.25, 0.3) is 16.6 Å². The van der Waals surface area contributed by atoms with Gasteiger partial charge in [-0.05, 0) is 80.9 Å². The lowest BCUT2D eigenvalue weighted by atomic mass is 10.1. The molecule has 0 amide bonds. The van der Waals surface area contributed by atoms with Crippen LogP contribution in [0.15, 0.2) is 63.6 Å². The van der Waals surface area contributed by atoms with Gasteiger partial charge in [-0.2, -0.15) is 0 Å². The van der Waals surface area contributed by atoms with Crippen molar-refractivity contribution in [2.24, 2.45) is 0 Å². The molecule has 11 heteroatoms. The predicted molar refractivity (Wildman–Crippen MR) is 156 cm³/mol. The van der Waals surface area contributed by atoms with Crippen LogP contribution in [0.5, 0.6) is 0 Å². The van der Waals surface area contributed by atoms with E-state index in [1.54, 1.807) is 41.8 Å². The summed E-state index contributed by atoms with van der Waals surface area (Å²) in [5.41, 5.74) is 2.68. The highest BCUT2D eigenvalue weighted by atomic mass is 35.5. The average Bonchev–Trinajstić information content (AvgIpc) is 3.57. The molecule has 2 aromatic carbocycles. The fraction of sp³-hybridized carbons (Fsp3) is 0.321. The summed E-state index contributed by atoms with van der Waals surface area (Å²) >= 11 is 6.77. The number of thiophene rings is 1. The molecule has 1 fully saturated rings. The molecular weight excluding hydrogens is 556 g/mol. The number of benzene rings is 2. The largest absolute Gasteiger partial charge is 0.384 e. The van der Waals surface area contributed by atoms with E-state index in [2.05, 4.69) is 15.2 Å². The standard InChI is InChI=1S/C28H29ClN4O4S2/c1-19-31-25-17-21(30-12-15-32-13-2-3-14-32)6-9-24(25)28(35)33(19)22-7-4-20(5-8-22)16-23(34)18-39(36,37)27-11-10-26(29)38-27/h4-11,17,30H,2-3,12-16,18H2,1H3. The number of Topliss-reactive ketones (excluding diaryl/α,β-unsaturated/α-hetero) is 1. The van der Waals surface area contributed by atoms with E-state index in [0.29, 0.717) is 32.3 Å². The summed E-state index contributed by atoms with van der Waals surface area (Å²) < 4.78 is 26.9. The third kappa shape index (κ3) is 6.41. The van der Waals surface area contributed by atoms with Gasteiger partial charge in [-0.15, -0.1) is 11.3 Å². The van der Waals surface area contributed by atoms with Gasteiger partial charge in [-0.3, -0.25) is 14.2 Å². The van der Waals surface area contributed by atoms with E-state index in [9.17, 15) is 18.0 Å². The lowest BCUT2D eigenvalue weighted by Gasteiger charge is -2.16. The van der Waals surface area contributed by atoms with Crippen LogP contribution in [0.1, 0.15) is 24.2 Å². The Labute approximate surface area is 236 Å². The summed E-state index contributed by atoms with van der Waals surface area (Å²) in [4.78, 5) is 33.0. The van der Waals surface area contributed by atoms with Crippen LogP contribution in [0.4, 0.5) is 5.69 Å². The van der Waals surface area contributed by atoms with Crippen LogP contribution < -0.4 is 10.9 Å². The zero-order valence-electron chi connectivity index (χ0n) is 21.5. The zero-order chi connectivity index (χ0) is 27.6. The van der Waals surface area contributed by atoms with Crippen molar-refractivity contribution in [2.75, 3.05) is 37.2 Å². The number of hydrogen-bond donors (Lipinski definition) is 1. The third-order valence-corrected chi connectivity index (χ3v) is 10.3. The molecule has 0 spiro atoms. The van der Waals surface area contributed by atoms with E-state index in [0.717, 1.165) is 43.2 Å². The van der Waals surface area contributed by atoms with Crippen molar-refractivity contribution >= 4 is 55.1 Å². The van der Waals surface area contributed by atoms with Gasteiger partial charge in [-0.1, -0.05) is 23.7 Å². The van der Waals surface area contributed by atoms with Crippen molar-refractivity contribution in [2.45, 2.75) is 30.4 Å². The van der Waals surface area contributed by atoms with E-state index < -0.39 is 21.4 Å². The highest BCUT2D eigenvalue weighted by molar-refractivity contribution is 7.94. The first-order valence-electron chi connectivity index (χ1n) is 12.8. The van der Waals surface area contributed by atoms with Crippen LogP contribution >= 0.6 is 22.9 Å². The molecule has 0 unspecified atom stereocenters. The molecule has 0 bridgehead atoms. The number of nitrogens with zero attached hydrogens (tertiary/aromatic N) is 3. The van der Waals surface area contributed by atoms with Crippen LogP contribution in [0.3, 0.4) is 0 Å². The fourth-order valence-corrected chi connectivity index (χ4v) is 7.68. The number of likely N-dealkylation sites (tertiary alicyclic amines) is 1. The van der Waals surface area contributed by atoms with Crippen molar-refractivity contribution < 1.29 is 13.2 Å². The Bertz CT molecular complexity index is 1670. The number of carbonyl (C=O) groups excluding carboxylic acids is 1. The van der Waals surface area contributed by atoms with E-state index in [1.165, 1.54) is 25.0 Å². The molecule has 0 radical (unpaired) electrons. The number of carbonyl (C=O) groups is 1. The maximum atomic E-state index is 13.4. The average molecular weight is 585 g/mol. The highest BCUT2D eigenvalue weighted by Gasteiger charge is 2.21. The summed E-state index contributed by atoms with van der Waals surface area (Å²) in [6.07, 6.45) is 2.50. The monoisotopic (exact) mass is 584 g/mol. The van der Waals surface area contributed by atoms with E-state index in [1.807, 2.05) is 12.1 Å². The van der Waals surface area contributed by atoms with Gasteiger partial charge in [0, 0.05) is 25.2 Å². The highest BCUT2D eigenvalue weighted by Crippen LogP contribution is 2.26. The molecule has 39 heavy (non-hydrogen) atoms. The van der Waals surface area contributed by atoms with Crippen LogP contribution in [0.2, 0.25) is 4.34 Å². The number of hydrogen-bond acceptors (Lipinski definition) is 8. The minimum absolute atomic E-state index is 0.0317. The lowest BCUT2D eigenvalue weighted by Crippen LogP contribution is -2.26. The summed E-state index contributed by atoms with van der Waals surface area (Å²) in [6.45, 7) is 5.93. The van der Waals surface area contributed by atoms with Crippen molar-refractivity contribution in [1.82, 2.24) is 14.5 Å². The number of halogens is 1. The molecule has 2 aromatic heterocycles. The Kier molecular flexibility index (Phi) is 8.18. The van der Waals surface area contributed by atoms with Gasteiger partial charge in [-0.25, -0.2) is 13.4 Å². The summed E-state index contributed by atoms with van der Waals surface area (Å²) in [5.74, 6) is -0.461. The van der Waals surface area contributed by atoms with Crippen molar-refractivity contribution in [3.05, 3.63) is 80.7 Å². The Hall–Kier alpha value is -3.05. The summed E-state index contributed by atoms with van der Waals surface area (Å²) in [5, 5.41) is 3.95. The maximum Gasteiger partial charge on any atom is 0.265 e. The second kappa shape index (κ2) is 11.6. The van der Waals surface area contributed by atoms with Gasteiger partial charge < -0.3 is 10.2 Å². The number of nitrogens with one attached hydrogen (secondary N) is 1.